The van der Waals surface area contributed by atoms with Crippen molar-refractivity contribution in [3.05, 3.63) is 16.4 Å². The van der Waals surface area contributed by atoms with Gasteiger partial charge in [0.15, 0.2) is 0 Å². The van der Waals surface area contributed by atoms with E-state index in [9.17, 15) is 10.1 Å². The normalized spacial score (nSPS) is 14.3. The van der Waals surface area contributed by atoms with E-state index in [0.717, 1.165) is 13.1 Å². The molecule has 1 N–H and O–H groups in total. The molecule has 8 heteroatoms. The van der Waals surface area contributed by atoms with Gasteiger partial charge in [0.05, 0.1) is 12.0 Å². The maximum Gasteiger partial charge on any atom is 0.372 e. The predicted octanol–water partition coefficient (Wildman–Crippen LogP) is 1.29. The number of nitrogens with zero attached hydrogens (tertiary/aromatic N) is 4. The highest BCUT2D eigenvalue weighted by Crippen LogP contribution is 2.30. The quantitative estimate of drug-likeness (QED) is 0.566. The number of nitro groups is 1. The summed E-state index contributed by atoms with van der Waals surface area (Å²) in [6.07, 6.45) is 3.75. The van der Waals surface area contributed by atoms with E-state index >= 15 is 0 Å². The molecule has 8 nitrogen and oxygen atoms in total. The fraction of sp³-hybridized carbons (Fsp3) is 0.667. The average molecular weight is 281 g/mol. The molecule has 1 heterocycles. The summed E-state index contributed by atoms with van der Waals surface area (Å²) < 4.78 is 4.90. The second kappa shape index (κ2) is 6.47. The Balaban J connectivity index is 1.99. The Hall–Kier alpha value is -1.96. The van der Waals surface area contributed by atoms with Crippen molar-refractivity contribution in [2.45, 2.75) is 25.8 Å². The van der Waals surface area contributed by atoms with E-state index in [1.165, 1.54) is 26.3 Å². The van der Waals surface area contributed by atoms with Crippen molar-refractivity contribution in [1.29, 1.82) is 0 Å². The Morgan fingerprint density at radius 1 is 1.55 bits per heavy atom. The van der Waals surface area contributed by atoms with E-state index in [-0.39, 0.29) is 17.4 Å². The minimum absolute atomic E-state index is 0.0259. The van der Waals surface area contributed by atoms with Crippen LogP contribution in [0.4, 0.5) is 11.5 Å². The lowest BCUT2D eigenvalue weighted by Gasteiger charge is -2.19. The van der Waals surface area contributed by atoms with Crippen LogP contribution in [0.5, 0.6) is 5.88 Å². The highest BCUT2D eigenvalue weighted by Gasteiger charge is 2.28. The lowest BCUT2D eigenvalue weighted by molar-refractivity contribution is -0.385. The molecule has 0 amide bonds. The van der Waals surface area contributed by atoms with Crippen molar-refractivity contribution in [2.75, 3.05) is 32.1 Å². The van der Waals surface area contributed by atoms with Gasteiger partial charge in [0.2, 0.25) is 5.82 Å². The molecule has 1 aliphatic rings. The summed E-state index contributed by atoms with van der Waals surface area (Å²) in [7, 11) is 1.35. The van der Waals surface area contributed by atoms with Gasteiger partial charge in [-0.25, -0.2) is 4.98 Å². The third-order valence-electron chi connectivity index (χ3n) is 3.33. The average Bonchev–Trinajstić information content (AvgIpc) is 3.27. The van der Waals surface area contributed by atoms with Gasteiger partial charge in [-0.1, -0.05) is 6.92 Å². The summed E-state index contributed by atoms with van der Waals surface area (Å²) in [6.45, 7) is 4.55. The summed E-state index contributed by atoms with van der Waals surface area (Å²) in [5.74, 6) is 0.177. The van der Waals surface area contributed by atoms with E-state index in [2.05, 4.69) is 27.1 Å². The van der Waals surface area contributed by atoms with Crippen LogP contribution in [0.3, 0.4) is 0 Å². The number of likely N-dealkylation sites (N-methyl/N-ethyl adjacent to an activating group) is 1. The molecule has 1 aliphatic carbocycles. The highest BCUT2D eigenvalue weighted by molar-refractivity contribution is 5.60. The lowest BCUT2D eigenvalue weighted by Crippen LogP contribution is -2.31. The molecule has 20 heavy (non-hydrogen) atoms. The van der Waals surface area contributed by atoms with Crippen LogP contribution >= 0.6 is 0 Å². The van der Waals surface area contributed by atoms with E-state index in [1.807, 2.05) is 0 Å². The molecule has 1 aromatic heterocycles. The first kappa shape index (κ1) is 14.4. The highest BCUT2D eigenvalue weighted by atomic mass is 16.6. The van der Waals surface area contributed by atoms with Crippen molar-refractivity contribution >= 4 is 11.5 Å². The SMILES string of the molecule is CCN(CCNc1ncnc(OC)c1[N+](=O)[O-])C1CC1. The molecule has 110 valence electrons. The number of nitrogens with one attached hydrogen (secondary N) is 1. The van der Waals surface area contributed by atoms with Gasteiger partial charge in [-0.2, -0.15) is 4.98 Å². The molecule has 0 atom stereocenters. The Morgan fingerprint density at radius 3 is 2.85 bits per heavy atom. The second-order valence-electron chi connectivity index (χ2n) is 4.62. The van der Waals surface area contributed by atoms with Crippen LogP contribution in [0.2, 0.25) is 0 Å². The Labute approximate surface area is 117 Å². The number of methoxy groups -OCH3 is 1. The first-order chi connectivity index (χ1) is 9.67. The number of hydrogen-bond donors (Lipinski definition) is 1. The smallest absolute Gasteiger partial charge is 0.372 e. The molecule has 1 fully saturated rings. The number of hydrogen-bond acceptors (Lipinski definition) is 7. The zero-order valence-corrected chi connectivity index (χ0v) is 11.7. The molecule has 0 unspecified atom stereocenters. The van der Waals surface area contributed by atoms with Gasteiger partial charge in [0.1, 0.15) is 6.33 Å². The monoisotopic (exact) mass is 281 g/mol. The maximum atomic E-state index is 11.1. The van der Waals surface area contributed by atoms with Crippen molar-refractivity contribution in [1.82, 2.24) is 14.9 Å². The number of aromatic nitrogens is 2. The van der Waals surface area contributed by atoms with Crippen LogP contribution < -0.4 is 10.1 Å². The van der Waals surface area contributed by atoms with Gasteiger partial charge in [-0.05, 0) is 19.4 Å². The van der Waals surface area contributed by atoms with E-state index in [4.69, 9.17) is 4.74 Å². The minimum atomic E-state index is -0.528. The van der Waals surface area contributed by atoms with Crippen molar-refractivity contribution in [2.24, 2.45) is 0 Å². The molecule has 0 bridgehead atoms. The second-order valence-corrected chi connectivity index (χ2v) is 4.62. The van der Waals surface area contributed by atoms with Crippen LogP contribution in [0.25, 0.3) is 0 Å². The molecule has 1 aromatic rings. The summed E-state index contributed by atoms with van der Waals surface area (Å²) >= 11 is 0. The molecule has 0 radical (unpaired) electrons. The Bertz CT molecular complexity index is 478. The van der Waals surface area contributed by atoms with Crippen LogP contribution in [0.15, 0.2) is 6.33 Å². The molecular weight excluding hydrogens is 262 g/mol. The summed E-state index contributed by atoms with van der Waals surface area (Å²) in [4.78, 5) is 20.6. The molecule has 0 aliphatic heterocycles. The van der Waals surface area contributed by atoms with Gasteiger partial charge in [-0.15, -0.1) is 0 Å². The fourth-order valence-electron chi connectivity index (χ4n) is 2.16. The zero-order valence-electron chi connectivity index (χ0n) is 11.7. The molecular formula is C12H19N5O3. The van der Waals surface area contributed by atoms with E-state index < -0.39 is 4.92 Å². The molecule has 1 saturated carbocycles. The Kier molecular flexibility index (Phi) is 4.67. The van der Waals surface area contributed by atoms with Gasteiger partial charge < -0.3 is 10.1 Å². The van der Waals surface area contributed by atoms with Crippen LogP contribution in [-0.4, -0.2) is 52.6 Å². The van der Waals surface area contributed by atoms with E-state index in [1.54, 1.807) is 0 Å². The number of anilines is 1. The predicted molar refractivity (Wildman–Crippen MR) is 74.0 cm³/mol. The largest absolute Gasteiger partial charge is 0.476 e. The standard InChI is InChI=1S/C12H19N5O3/c1-3-16(9-4-5-9)7-6-13-11-10(17(18)19)12(20-2)15-8-14-11/h8-9H,3-7H2,1-2H3,(H,13,14,15). The van der Waals surface area contributed by atoms with E-state index in [0.29, 0.717) is 12.6 Å². The van der Waals surface area contributed by atoms with Crippen molar-refractivity contribution < 1.29 is 9.66 Å². The Morgan fingerprint density at radius 2 is 2.30 bits per heavy atom. The minimum Gasteiger partial charge on any atom is -0.476 e. The molecule has 2 rings (SSSR count). The number of ether oxygens (including phenoxy) is 1. The lowest BCUT2D eigenvalue weighted by atomic mass is 10.4. The number of rotatable bonds is 8. The summed E-state index contributed by atoms with van der Waals surface area (Å²) in [5, 5.41) is 14.1. The summed E-state index contributed by atoms with van der Waals surface area (Å²) in [5.41, 5.74) is -0.218. The molecule has 0 aromatic carbocycles. The van der Waals surface area contributed by atoms with Gasteiger partial charge in [-0.3, -0.25) is 15.0 Å². The van der Waals surface area contributed by atoms with Crippen molar-refractivity contribution in [3.63, 3.8) is 0 Å². The van der Waals surface area contributed by atoms with Gasteiger partial charge >= 0.3 is 5.69 Å². The van der Waals surface area contributed by atoms with Gasteiger partial charge in [0, 0.05) is 19.1 Å². The van der Waals surface area contributed by atoms with Crippen LogP contribution in [0.1, 0.15) is 19.8 Å². The zero-order chi connectivity index (χ0) is 14.5. The topological polar surface area (TPSA) is 93.4 Å². The summed E-state index contributed by atoms with van der Waals surface area (Å²) in [6, 6.07) is 0.678. The first-order valence-corrected chi connectivity index (χ1v) is 6.68. The van der Waals surface area contributed by atoms with Crippen molar-refractivity contribution in [3.8, 4) is 5.88 Å². The molecule has 0 spiro atoms. The van der Waals surface area contributed by atoms with Crippen LogP contribution in [-0.2, 0) is 0 Å². The molecule has 0 saturated heterocycles. The van der Waals surface area contributed by atoms with Gasteiger partial charge in [0.25, 0.3) is 5.88 Å². The maximum absolute atomic E-state index is 11.1. The third kappa shape index (κ3) is 3.32. The first-order valence-electron chi connectivity index (χ1n) is 6.68. The van der Waals surface area contributed by atoms with Crippen LogP contribution in [0, 0.1) is 10.1 Å². The third-order valence-corrected chi connectivity index (χ3v) is 3.33. The fourth-order valence-corrected chi connectivity index (χ4v) is 2.16.